The molecule has 2 saturated heterocycles. The number of aryl methyl sites for hydroxylation is 1. The van der Waals surface area contributed by atoms with Crippen LogP contribution in [0, 0.1) is 0 Å². The minimum Gasteiger partial charge on any atom is -0.393 e. The molecule has 2 aliphatic heterocycles. The second-order valence-corrected chi connectivity index (χ2v) is 8.75. The summed E-state index contributed by atoms with van der Waals surface area (Å²) in [5, 5.41) is 10.3. The molecule has 1 atom stereocenters. The summed E-state index contributed by atoms with van der Waals surface area (Å²) in [6.45, 7) is 1.38. The lowest BCUT2D eigenvalue weighted by molar-refractivity contribution is -0.149. The second kappa shape index (κ2) is 7.13. The van der Waals surface area contributed by atoms with Crippen molar-refractivity contribution in [2.75, 3.05) is 13.1 Å². The number of carbonyl (C=O) groups excluding carboxylic acids is 2. The van der Waals surface area contributed by atoms with Gasteiger partial charge >= 0.3 is 0 Å². The van der Waals surface area contributed by atoms with Crippen molar-refractivity contribution in [1.82, 2.24) is 14.4 Å². The number of carbonyl (C=O) groups is 2. The van der Waals surface area contributed by atoms with Gasteiger partial charge in [-0.15, -0.1) is 0 Å². The lowest BCUT2D eigenvalue weighted by atomic mass is 9.82. The summed E-state index contributed by atoms with van der Waals surface area (Å²) < 4.78 is 1.74. The number of likely N-dealkylation sites (tertiary alicyclic amines) is 2. The lowest BCUT2D eigenvalue weighted by Crippen LogP contribution is -2.63. The molecule has 4 rings (SSSR count). The predicted octanol–water partition coefficient (Wildman–Crippen LogP) is 2.58. The monoisotopic (exact) mass is 393 g/mol. The maximum Gasteiger partial charge on any atom is 0.271 e. The van der Waals surface area contributed by atoms with Crippen LogP contribution in [0.3, 0.4) is 0 Å². The molecule has 1 spiro atoms. The molecule has 1 saturated carbocycles. The first-order valence-corrected chi connectivity index (χ1v) is 10.4. The largest absolute Gasteiger partial charge is 0.393 e. The third kappa shape index (κ3) is 3.17. The predicted molar refractivity (Wildman–Crippen MR) is 103 cm³/mol. The Bertz CT molecular complexity index is 741. The van der Waals surface area contributed by atoms with Crippen molar-refractivity contribution in [1.29, 1.82) is 0 Å². The summed E-state index contributed by atoms with van der Waals surface area (Å²) >= 11 is 6.07. The molecule has 27 heavy (non-hydrogen) atoms. The molecule has 3 heterocycles. The number of aliphatic hydroxyl groups is 1. The molecule has 6 nitrogen and oxygen atoms in total. The minimum atomic E-state index is -0.706. The number of hydrogen-bond acceptors (Lipinski definition) is 3. The number of amides is 2. The Hall–Kier alpha value is -1.53. The first-order valence-electron chi connectivity index (χ1n) is 10.1. The average Bonchev–Trinajstić information content (AvgIpc) is 3.21. The molecule has 148 valence electrons. The Morgan fingerprint density at radius 2 is 1.85 bits per heavy atom. The fraction of sp³-hybridized carbons (Fsp3) is 0.700. The van der Waals surface area contributed by atoms with Crippen molar-refractivity contribution >= 4 is 23.4 Å². The van der Waals surface area contributed by atoms with Crippen LogP contribution in [-0.4, -0.2) is 62.1 Å². The molecule has 1 aliphatic carbocycles. The van der Waals surface area contributed by atoms with E-state index in [9.17, 15) is 14.7 Å². The lowest BCUT2D eigenvalue weighted by Gasteiger charge is -2.48. The van der Waals surface area contributed by atoms with Crippen LogP contribution < -0.4 is 0 Å². The minimum absolute atomic E-state index is 0.101. The van der Waals surface area contributed by atoms with Crippen LogP contribution >= 0.6 is 11.6 Å². The van der Waals surface area contributed by atoms with Crippen LogP contribution in [0.25, 0.3) is 0 Å². The summed E-state index contributed by atoms with van der Waals surface area (Å²) in [5.74, 6) is 0.0115. The van der Waals surface area contributed by atoms with E-state index in [0.29, 0.717) is 17.3 Å². The number of nitrogens with zero attached hydrogens (tertiary/aromatic N) is 3. The third-order valence-electron chi connectivity index (χ3n) is 6.68. The molecule has 0 bridgehead atoms. The summed E-state index contributed by atoms with van der Waals surface area (Å²) in [6, 6.07) is 1.88. The van der Waals surface area contributed by atoms with Gasteiger partial charge in [-0.05, 0) is 57.4 Å². The van der Waals surface area contributed by atoms with E-state index in [4.69, 9.17) is 11.6 Å². The summed E-state index contributed by atoms with van der Waals surface area (Å²) in [5.41, 5.74) is -0.172. The van der Waals surface area contributed by atoms with Crippen LogP contribution in [-0.2, 0) is 11.8 Å². The van der Waals surface area contributed by atoms with Crippen molar-refractivity contribution in [2.45, 2.75) is 69.1 Å². The molecule has 0 radical (unpaired) electrons. The second-order valence-electron chi connectivity index (χ2n) is 8.31. The van der Waals surface area contributed by atoms with Gasteiger partial charge < -0.3 is 19.5 Å². The van der Waals surface area contributed by atoms with Gasteiger partial charge in [-0.25, -0.2) is 0 Å². The standard InChI is InChI=1S/C20H28ClN3O3/c1-22-13-14(21)12-17(22)18(26)24-11-3-9-20(24)8-2-10-23(19(20)27)15-4-6-16(25)7-5-15/h12-13,15-16,25H,2-11H2,1H3. The highest BCUT2D eigenvalue weighted by Crippen LogP contribution is 2.41. The van der Waals surface area contributed by atoms with Gasteiger partial charge in [-0.2, -0.15) is 0 Å². The van der Waals surface area contributed by atoms with Crippen molar-refractivity contribution in [2.24, 2.45) is 7.05 Å². The Morgan fingerprint density at radius 1 is 1.19 bits per heavy atom. The van der Waals surface area contributed by atoms with Gasteiger partial charge in [0.1, 0.15) is 11.2 Å². The molecular formula is C20H28ClN3O3. The van der Waals surface area contributed by atoms with E-state index in [0.717, 1.165) is 57.9 Å². The van der Waals surface area contributed by atoms with Gasteiger partial charge in [-0.3, -0.25) is 9.59 Å². The van der Waals surface area contributed by atoms with Gasteiger partial charge in [0.2, 0.25) is 5.91 Å². The molecule has 1 unspecified atom stereocenters. The van der Waals surface area contributed by atoms with Crippen LogP contribution in [0.2, 0.25) is 5.02 Å². The highest BCUT2D eigenvalue weighted by Gasteiger charge is 2.54. The molecule has 0 aromatic carbocycles. The number of halogens is 1. The maximum absolute atomic E-state index is 13.6. The molecule has 3 fully saturated rings. The summed E-state index contributed by atoms with van der Waals surface area (Å²) in [4.78, 5) is 30.7. The molecule has 1 aromatic rings. The number of aromatic nitrogens is 1. The Balaban J connectivity index is 1.59. The van der Waals surface area contributed by atoms with E-state index in [1.165, 1.54) is 0 Å². The van der Waals surface area contributed by atoms with Crippen LogP contribution in [0.5, 0.6) is 0 Å². The molecule has 1 aromatic heterocycles. The SMILES string of the molecule is Cn1cc(Cl)cc1C(=O)N1CCCC12CCCN(C1CCC(O)CC1)C2=O. The highest BCUT2D eigenvalue weighted by molar-refractivity contribution is 6.31. The van der Waals surface area contributed by atoms with E-state index < -0.39 is 5.54 Å². The molecule has 7 heteroatoms. The zero-order valence-corrected chi connectivity index (χ0v) is 16.6. The Morgan fingerprint density at radius 3 is 2.48 bits per heavy atom. The van der Waals surface area contributed by atoms with Crippen LogP contribution in [0.15, 0.2) is 12.3 Å². The highest BCUT2D eigenvalue weighted by atomic mass is 35.5. The van der Waals surface area contributed by atoms with E-state index in [1.807, 2.05) is 16.8 Å². The summed E-state index contributed by atoms with van der Waals surface area (Å²) in [6.07, 6.45) is 7.95. The van der Waals surface area contributed by atoms with Crippen molar-refractivity contribution in [3.8, 4) is 0 Å². The average molecular weight is 394 g/mol. The molecule has 1 N–H and O–H groups in total. The van der Waals surface area contributed by atoms with Gasteiger partial charge in [-0.1, -0.05) is 11.6 Å². The number of aliphatic hydroxyl groups excluding tert-OH is 1. The molecule has 2 amide bonds. The maximum atomic E-state index is 13.6. The number of piperidine rings is 1. The van der Waals surface area contributed by atoms with Crippen molar-refractivity contribution < 1.29 is 14.7 Å². The Labute approximate surface area is 165 Å². The van der Waals surface area contributed by atoms with Crippen LogP contribution in [0.1, 0.15) is 61.9 Å². The molecule has 3 aliphatic rings. The topological polar surface area (TPSA) is 65.8 Å². The smallest absolute Gasteiger partial charge is 0.271 e. The fourth-order valence-electron chi connectivity index (χ4n) is 5.27. The van der Waals surface area contributed by atoms with Gasteiger partial charge in [0.25, 0.3) is 5.91 Å². The van der Waals surface area contributed by atoms with E-state index in [-0.39, 0.29) is 24.0 Å². The summed E-state index contributed by atoms with van der Waals surface area (Å²) in [7, 11) is 1.81. The van der Waals surface area contributed by atoms with E-state index >= 15 is 0 Å². The fourth-order valence-corrected chi connectivity index (χ4v) is 5.52. The van der Waals surface area contributed by atoms with Crippen molar-refractivity contribution in [3.05, 3.63) is 23.0 Å². The number of rotatable bonds is 2. The normalized spacial score (nSPS) is 31.7. The first-order chi connectivity index (χ1) is 12.9. The third-order valence-corrected chi connectivity index (χ3v) is 6.89. The number of hydrogen-bond donors (Lipinski definition) is 1. The Kier molecular flexibility index (Phi) is 4.97. The quantitative estimate of drug-likeness (QED) is 0.839. The van der Waals surface area contributed by atoms with E-state index in [2.05, 4.69) is 0 Å². The van der Waals surface area contributed by atoms with Crippen LogP contribution in [0.4, 0.5) is 0 Å². The molecular weight excluding hydrogens is 366 g/mol. The van der Waals surface area contributed by atoms with Gasteiger partial charge in [0, 0.05) is 32.4 Å². The zero-order chi connectivity index (χ0) is 19.2. The van der Waals surface area contributed by atoms with Gasteiger partial charge in [0.05, 0.1) is 11.1 Å². The van der Waals surface area contributed by atoms with E-state index in [1.54, 1.807) is 16.8 Å². The first kappa shape index (κ1) is 18.8. The van der Waals surface area contributed by atoms with Crippen molar-refractivity contribution in [3.63, 3.8) is 0 Å². The zero-order valence-electron chi connectivity index (χ0n) is 15.9. The van der Waals surface area contributed by atoms with Gasteiger partial charge in [0.15, 0.2) is 0 Å².